The monoisotopic (exact) mass is 529 g/mol. The van der Waals surface area contributed by atoms with Crippen LogP contribution in [-0.2, 0) is 11.2 Å². The molecular formula is C29H31N5O5. The number of aromatic nitrogens is 2. The van der Waals surface area contributed by atoms with Crippen molar-refractivity contribution in [1.29, 1.82) is 0 Å². The fraction of sp³-hybridized carbons (Fsp3) is 0.276. The Morgan fingerprint density at radius 3 is 2.62 bits per heavy atom. The Labute approximate surface area is 226 Å². The molecule has 0 aliphatic heterocycles. The minimum absolute atomic E-state index is 0.0726. The largest absolute Gasteiger partial charge is 0.497 e. The molecule has 4 aromatic rings. The third kappa shape index (κ3) is 6.23. The van der Waals surface area contributed by atoms with E-state index in [0.29, 0.717) is 41.0 Å². The van der Waals surface area contributed by atoms with Crippen molar-refractivity contribution in [2.45, 2.75) is 32.7 Å². The van der Waals surface area contributed by atoms with Crippen molar-refractivity contribution in [3.8, 4) is 5.75 Å². The number of carbonyl (C=O) groups excluding carboxylic acids is 2. The van der Waals surface area contributed by atoms with Crippen LogP contribution in [0.25, 0.3) is 10.9 Å². The van der Waals surface area contributed by atoms with Crippen LogP contribution >= 0.6 is 0 Å². The van der Waals surface area contributed by atoms with Crippen LogP contribution in [0.15, 0.2) is 70.0 Å². The van der Waals surface area contributed by atoms with E-state index in [-0.39, 0.29) is 23.2 Å². The van der Waals surface area contributed by atoms with Gasteiger partial charge in [0.05, 0.1) is 18.0 Å². The average molecular weight is 530 g/mol. The zero-order valence-corrected chi connectivity index (χ0v) is 22.6. The van der Waals surface area contributed by atoms with Gasteiger partial charge in [-0.2, -0.15) is 4.98 Å². The zero-order valence-electron chi connectivity index (χ0n) is 22.6. The number of carbonyl (C=O) groups is 2. The van der Waals surface area contributed by atoms with Crippen molar-refractivity contribution in [2.75, 3.05) is 31.3 Å². The van der Waals surface area contributed by atoms with Crippen molar-refractivity contribution in [3.05, 3.63) is 88.0 Å². The summed E-state index contributed by atoms with van der Waals surface area (Å²) in [6, 6.07) is 15.6. The van der Waals surface area contributed by atoms with Crippen molar-refractivity contribution in [1.82, 2.24) is 14.9 Å². The Morgan fingerprint density at radius 1 is 1.10 bits per heavy atom. The van der Waals surface area contributed by atoms with Gasteiger partial charge in [-0.3, -0.25) is 14.6 Å². The summed E-state index contributed by atoms with van der Waals surface area (Å²) in [4.78, 5) is 49.2. The molecule has 10 nitrogen and oxygen atoms in total. The smallest absolute Gasteiger partial charge is 0.348 e. The first-order valence-corrected chi connectivity index (χ1v) is 12.4. The summed E-state index contributed by atoms with van der Waals surface area (Å²) in [5.74, 6) is 0.0118. The molecule has 2 amide bonds. The van der Waals surface area contributed by atoms with Crippen LogP contribution in [0.4, 0.5) is 11.7 Å². The number of anilines is 2. The number of aryl methyl sites for hydroxylation is 1. The van der Waals surface area contributed by atoms with Crippen LogP contribution in [-0.4, -0.2) is 52.9 Å². The lowest BCUT2D eigenvalue weighted by Gasteiger charge is -2.30. The second-order valence-corrected chi connectivity index (χ2v) is 9.67. The number of nitrogens with one attached hydrogen (secondary N) is 2. The Morgan fingerprint density at radius 2 is 1.90 bits per heavy atom. The summed E-state index contributed by atoms with van der Waals surface area (Å²) in [7, 11) is 3.24. The van der Waals surface area contributed by atoms with Gasteiger partial charge in [-0.25, -0.2) is 4.79 Å². The third-order valence-corrected chi connectivity index (χ3v) is 6.37. The van der Waals surface area contributed by atoms with E-state index in [2.05, 4.69) is 20.6 Å². The van der Waals surface area contributed by atoms with E-state index in [1.165, 1.54) is 7.11 Å². The number of amides is 2. The Hall–Kier alpha value is -4.73. The predicted molar refractivity (Wildman–Crippen MR) is 149 cm³/mol. The molecule has 0 unspecified atom stereocenters. The fourth-order valence-corrected chi connectivity index (χ4v) is 4.19. The highest BCUT2D eigenvalue weighted by Crippen LogP contribution is 2.25. The maximum Gasteiger partial charge on any atom is 0.348 e. The van der Waals surface area contributed by atoms with Crippen LogP contribution in [0.2, 0.25) is 0 Å². The second-order valence-electron chi connectivity index (χ2n) is 9.67. The minimum atomic E-state index is -1.10. The molecule has 0 radical (unpaired) electrons. The SMILES string of the molecule is COc1cccc(C(=O)Nc2ccc3nc(NC(C)(C)C(=O)N(C)CCc4ccccn4)oc(=O)c3c2C)c1. The maximum absolute atomic E-state index is 13.1. The first-order chi connectivity index (χ1) is 18.6. The number of methoxy groups -OCH3 is 1. The molecule has 0 atom stereocenters. The Balaban J connectivity index is 1.50. The first-order valence-electron chi connectivity index (χ1n) is 12.4. The van der Waals surface area contributed by atoms with E-state index in [0.717, 1.165) is 5.69 Å². The predicted octanol–water partition coefficient (Wildman–Crippen LogP) is 4.04. The van der Waals surface area contributed by atoms with Crippen LogP contribution in [0, 0.1) is 6.92 Å². The summed E-state index contributed by atoms with van der Waals surface area (Å²) in [5, 5.41) is 6.03. The Kier molecular flexibility index (Phi) is 7.94. The maximum atomic E-state index is 13.1. The van der Waals surface area contributed by atoms with E-state index < -0.39 is 11.2 Å². The number of hydrogen-bond donors (Lipinski definition) is 2. The van der Waals surface area contributed by atoms with Gasteiger partial charge in [-0.1, -0.05) is 12.1 Å². The highest BCUT2D eigenvalue weighted by Gasteiger charge is 2.32. The molecule has 2 N–H and O–H groups in total. The summed E-state index contributed by atoms with van der Waals surface area (Å²) >= 11 is 0. The summed E-state index contributed by atoms with van der Waals surface area (Å²) in [6.45, 7) is 5.57. The van der Waals surface area contributed by atoms with Gasteiger partial charge in [0.25, 0.3) is 11.9 Å². The third-order valence-electron chi connectivity index (χ3n) is 6.37. The van der Waals surface area contributed by atoms with Crippen molar-refractivity contribution in [3.63, 3.8) is 0 Å². The number of pyridine rings is 1. The van der Waals surface area contributed by atoms with Crippen LogP contribution < -0.4 is 21.0 Å². The van der Waals surface area contributed by atoms with Crippen molar-refractivity contribution in [2.24, 2.45) is 0 Å². The molecule has 0 bridgehead atoms. The molecule has 0 aliphatic carbocycles. The van der Waals surface area contributed by atoms with Crippen molar-refractivity contribution < 1.29 is 18.7 Å². The van der Waals surface area contributed by atoms with Gasteiger partial charge in [0.1, 0.15) is 11.3 Å². The first kappa shape index (κ1) is 27.3. The number of rotatable bonds is 9. The van der Waals surface area contributed by atoms with Crippen LogP contribution in [0.5, 0.6) is 5.75 Å². The fourth-order valence-electron chi connectivity index (χ4n) is 4.19. The summed E-state index contributed by atoms with van der Waals surface area (Å²) in [6.07, 6.45) is 2.33. The number of ether oxygens (including phenoxy) is 1. The molecule has 2 heterocycles. The molecule has 2 aromatic heterocycles. The lowest BCUT2D eigenvalue weighted by atomic mass is 10.0. The quantitative estimate of drug-likeness (QED) is 0.333. The number of fused-ring (bicyclic) bond motifs is 1. The van der Waals surface area contributed by atoms with Crippen LogP contribution in [0.3, 0.4) is 0 Å². The Bertz CT molecular complexity index is 1570. The summed E-state index contributed by atoms with van der Waals surface area (Å²) in [5.41, 5.74) is 0.905. The van der Waals surface area contributed by atoms with E-state index in [4.69, 9.17) is 9.15 Å². The number of benzene rings is 2. The summed E-state index contributed by atoms with van der Waals surface area (Å²) < 4.78 is 10.6. The number of likely N-dealkylation sites (N-methyl/N-ethyl adjacent to an activating group) is 1. The molecule has 0 spiro atoms. The molecule has 39 heavy (non-hydrogen) atoms. The molecule has 0 aliphatic rings. The van der Waals surface area contributed by atoms with E-state index in [1.807, 2.05) is 18.2 Å². The van der Waals surface area contributed by atoms with Crippen molar-refractivity contribution >= 4 is 34.4 Å². The number of nitrogens with zero attached hydrogens (tertiary/aromatic N) is 3. The van der Waals surface area contributed by atoms with Gasteiger partial charge in [0.2, 0.25) is 5.91 Å². The highest BCUT2D eigenvalue weighted by molar-refractivity contribution is 6.06. The molecule has 0 saturated carbocycles. The highest BCUT2D eigenvalue weighted by atomic mass is 16.5. The van der Waals surface area contributed by atoms with E-state index >= 15 is 0 Å². The van der Waals surface area contributed by atoms with Gasteiger partial charge in [-0.05, 0) is 68.8 Å². The van der Waals surface area contributed by atoms with Gasteiger partial charge in [0, 0.05) is 43.2 Å². The van der Waals surface area contributed by atoms with Crippen LogP contribution in [0.1, 0.15) is 35.5 Å². The molecule has 10 heteroatoms. The van der Waals surface area contributed by atoms with Gasteiger partial charge >= 0.3 is 5.63 Å². The number of hydrogen-bond acceptors (Lipinski definition) is 8. The topological polar surface area (TPSA) is 127 Å². The molecule has 202 valence electrons. The molecule has 4 rings (SSSR count). The standard InChI is InChI=1S/C29H31N5O5/c1-18-22(31-25(35)19-9-8-11-21(17-19)38-5)12-13-23-24(18)26(36)39-28(32-23)33-29(2,3)27(37)34(4)16-14-20-10-6-7-15-30-20/h6-13,15,17H,14,16H2,1-5H3,(H,31,35)(H,32,33). The van der Waals surface area contributed by atoms with Gasteiger partial charge in [0.15, 0.2) is 0 Å². The molecule has 0 saturated heterocycles. The molecule has 0 fully saturated rings. The minimum Gasteiger partial charge on any atom is -0.497 e. The second kappa shape index (κ2) is 11.3. The molecule has 2 aromatic carbocycles. The lowest BCUT2D eigenvalue weighted by Crippen LogP contribution is -2.49. The van der Waals surface area contributed by atoms with Gasteiger partial charge < -0.3 is 24.7 Å². The van der Waals surface area contributed by atoms with Gasteiger partial charge in [-0.15, -0.1) is 0 Å². The van der Waals surface area contributed by atoms with E-state index in [9.17, 15) is 14.4 Å². The average Bonchev–Trinajstić information content (AvgIpc) is 2.92. The zero-order chi connectivity index (χ0) is 28.2. The van der Waals surface area contributed by atoms with E-state index in [1.54, 1.807) is 75.3 Å². The normalized spacial score (nSPS) is 11.2. The molecular weight excluding hydrogens is 498 g/mol. The lowest BCUT2D eigenvalue weighted by molar-refractivity contribution is -0.133.